The van der Waals surface area contributed by atoms with E-state index in [0.29, 0.717) is 30.1 Å². The van der Waals surface area contributed by atoms with Crippen molar-refractivity contribution in [3.63, 3.8) is 0 Å². The maximum Gasteiger partial charge on any atom is 0.258 e. The number of hydrogen-bond acceptors (Lipinski definition) is 3. The fourth-order valence-corrected chi connectivity index (χ4v) is 4.90. The van der Waals surface area contributed by atoms with E-state index in [1.165, 1.54) is 4.31 Å². The maximum absolute atomic E-state index is 12.8. The third-order valence-corrected chi connectivity index (χ3v) is 6.82. The fraction of sp³-hybridized carbons (Fsp3) is 0.350. The smallest absolute Gasteiger partial charge is 0.258 e. The Labute approximate surface area is 155 Å². The van der Waals surface area contributed by atoms with Crippen LogP contribution in [0.4, 0.5) is 5.69 Å². The van der Waals surface area contributed by atoms with Gasteiger partial charge in [0.05, 0.1) is 4.90 Å². The van der Waals surface area contributed by atoms with E-state index < -0.39 is 10.0 Å². The first kappa shape index (κ1) is 18.6. The van der Waals surface area contributed by atoms with Gasteiger partial charge in [-0.05, 0) is 48.7 Å². The number of anilines is 1. The molecule has 0 bridgehead atoms. The number of rotatable bonds is 5. The van der Waals surface area contributed by atoms with Gasteiger partial charge in [-0.3, -0.25) is 4.79 Å². The number of nitrogens with zero attached hydrogens (tertiary/aromatic N) is 2. The molecule has 3 rings (SSSR count). The average Bonchev–Trinajstić information content (AvgIpc) is 2.68. The third-order valence-electron chi connectivity index (χ3n) is 4.78. The number of aryl methyl sites for hydroxylation is 1. The molecule has 0 aromatic heterocycles. The van der Waals surface area contributed by atoms with Crippen molar-refractivity contribution in [3.05, 3.63) is 59.7 Å². The van der Waals surface area contributed by atoms with E-state index in [1.807, 2.05) is 32.0 Å². The molecule has 0 fully saturated rings. The molecule has 0 N–H and O–H groups in total. The van der Waals surface area contributed by atoms with Crippen LogP contribution in [0.15, 0.2) is 53.4 Å². The van der Waals surface area contributed by atoms with Gasteiger partial charge in [-0.2, -0.15) is 4.31 Å². The summed E-state index contributed by atoms with van der Waals surface area (Å²) in [6.07, 6.45) is 1.59. The quantitative estimate of drug-likeness (QED) is 0.809. The first-order valence-corrected chi connectivity index (χ1v) is 10.4. The van der Waals surface area contributed by atoms with Gasteiger partial charge < -0.3 is 4.90 Å². The number of amides is 1. The van der Waals surface area contributed by atoms with Crippen molar-refractivity contribution in [2.75, 3.05) is 24.5 Å². The molecule has 0 radical (unpaired) electrons. The van der Waals surface area contributed by atoms with E-state index in [4.69, 9.17) is 0 Å². The van der Waals surface area contributed by atoms with Crippen molar-refractivity contribution in [1.29, 1.82) is 0 Å². The summed E-state index contributed by atoms with van der Waals surface area (Å²) >= 11 is 0. The van der Waals surface area contributed by atoms with Crippen LogP contribution < -0.4 is 4.90 Å². The predicted octanol–water partition coefficient (Wildman–Crippen LogP) is 3.31. The number of hydrogen-bond donors (Lipinski definition) is 0. The van der Waals surface area contributed by atoms with E-state index in [-0.39, 0.29) is 5.91 Å². The van der Waals surface area contributed by atoms with E-state index in [2.05, 4.69) is 0 Å². The highest BCUT2D eigenvalue weighted by atomic mass is 32.2. The van der Waals surface area contributed by atoms with Gasteiger partial charge >= 0.3 is 0 Å². The standard InChI is InChI=1S/C20H24N2O3S/c1-3-21(4-2)26(24,25)18-12-13-19-17(15-18)11-8-14-22(19)20(23)16-9-6-5-7-10-16/h5-7,9-10,12-13,15H,3-4,8,11,14H2,1-2H3. The zero-order valence-corrected chi connectivity index (χ0v) is 16.0. The molecule has 2 aromatic carbocycles. The van der Waals surface area contributed by atoms with Crippen molar-refractivity contribution in [2.24, 2.45) is 0 Å². The van der Waals surface area contributed by atoms with Gasteiger partial charge in [-0.25, -0.2) is 8.42 Å². The lowest BCUT2D eigenvalue weighted by Gasteiger charge is -2.30. The van der Waals surface area contributed by atoms with Crippen LogP contribution in [-0.2, 0) is 16.4 Å². The van der Waals surface area contributed by atoms with E-state index in [1.54, 1.807) is 35.2 Å². The van der Waals surface area contributed by atoms with Crippen LogP contribution in [0.2, 0.25) is 0 Å². The third kappa shape index (κ3) is 3.39. The molecule has 26 heavy (non-hydrogen) atoms. The summed E-state index contributed by atoms with van der Waals surface area (Å²) in [5, 5.41) is 0. The van der Waals surface area contributed by atoms with Gasteiger partial charge in [0.25, 0.3) is 5.91 Å². The minimum absolute atomic E-state index is 0.0501. The molecule has 6 heteroatoms. The van der Waals surface area contributed by atoms with Crippen LogP contribution in [0.25, 0.3) is 0 Å². The molecule has 0 saturated carbocycles. The summed E-state index contributed by atoms with van der Waals surface area (Å²) in [5.41, 5.74) is 2.36. The molecule has 0 aliphatic carbocycles. The van der Waals surface area contributed by atoms with Crippen molar-refractivity contribution in [3.8, 4) is 0 Å². The van der Waals surface area contributed by atoms with E-state index >= 15 is 0 Å². The molecule has 0 atom stereocenters. The summed E-state index contributed by atoms with van der Waals surface area (Å²) < 4.78 is 27.0. The predicted molar refractivity (Wildman–Crippen MR) is 103 cm³/mol. The first-order valence-electron chi connectivity index (χ1n) is 8.99. The molecule has 138 valence electrons. The van der Waals surface area contributed by atoms with Gasteiger partial charge in [0, 0.05) is 30.9 Å². The highest BCUT2D eigenvalue weighted by molar-refractivity contribution is 7.89. The SMILES string of the molecule is CCN(CC)S(=O)(=O)c1ccc2c(c1)CCCN2C(=O)c1ccccc1. The summed E-state index contributed by atoms with van der Waals surface area (Å²) in [4.78, 5) is 14.9. The summed E-state index contributed by atoms with van der Waals surface area (Å²) in [7, 11) is -3.49. The fourth-order valence-electron chi connectivity index (χ4n) is 3.39. The van der Waals surface area contributed by atoms with Crippen LogP contribution >= 0.6 is 0 Å². The zero-order valence-electron chi connectivity index (χ0n) is 15.2. The second-order valence-electron chi connectivity index (χ2n) is 6.31. The molecule has 5 nitrogen and oxygen atoms in total. The van der Waals surface area contributed by atoms with Crippen LogP contribution in [0.1, 0.15) is 36.2 Å². The molecule has 0 spiro atoms. The lowest BCUT2D eigenvalue weighted by Crippen LogP contribution is -2.36. The Hall–Kier alpha value is -2.18. The number of benzene rings is 2. The average molecular weight is 372 g/mol. The molecule has 2 aromatic rings. The Bertz CT molecular complexity index is 891. The minimum atomic E-state index is -3.49. The van der Waals surface area contributed by atoms with Crippen LogP contribution in [0.5, 0.6) is 0 Å². The Kier molecular flexibility index (Phi) is 5.44. The molecule has 0 unspecified atom stereocenters. The number of carbonyl (C=O) groups is 1. The van der Waals surface area contributed by atoms with Gasteiger partial charge in [0.15, 0.2) is 0 Å². The summed E-state index contributed by atoms with van der Waals surface area (Å²) in [6, 6.07) is 14.3. The lowest BCUT2D eigenvalue weighted by atomic mass is 10.0. The summed E-state index contributed by atoms with van der Waals surface area (Å²) in [6.45, 7) is 5.19. The van der Waals surface area contributed by atoms with Gasteiger partial charge in [-0.15, -0.1) is 0 Å². The van der Waals surface area contributed by atoms with E-state index in [0.717, 1.165) is 24.1 Å². The highest BCUT2D eigenvalue weighted by Crippen LogP contribution is 2.31. The van der Waals surface area contributed by atoms with Gasteiger partial charge in [-0.1, -0.05) is 32.0 Å². The van der Waals surface area contributed by atoms with Crippen molar-refractivity contribution < 1.29 is 13.2 Å². The highest BCUT2D eigenvalue weighted by Gasteiger charge is 2.27. The van der Waals surface area contributed by atoms with Crippen molar-refractivity contribution in [1.82, 2.24) is 4.31 Å². The zero-order chi connectivity index (χ0) is 18.7. The second kappa shape index (κ2) is 7.60. The number of sulfonamides is 1. The lowest BCUT2D eigenvalue weighted by molar-refractivity contribution is 0.0985. The Morgan fingerprint density at radius 3 is 2.42 bits per heavy atom. The minimum Gasteiger partial charge on any atom is -0.308 e. The molecular weight excluding hydrogens is 348 g/mol. The largest absolute Gasteiger partial charge is 0.308 e. The van der Waals surface area contributed by atoms with Crippen molar-refractivity contribution in [2.45, 2.75) is 31.6 Å². The van der Waals surface area contributed by atoms with Gasteiger partial charge in [0.1, 0.15) is 0 Å². The molecule has 1 aliphatic heterocycles. The Balaban J connectivity index is 1.97. The Morgan fingerprint density at radius 2 is 1.77 bits per heavy atom. The monoisotopic (exact) mass is 372 g/mol. The second-order valence-corrected chi connectivity index (χ2v) is 8.24. The summed E-state index contributed by atoms with van der Waals surface area (Å²) in [5.74, 6) is -0.0501. The topological polar surface area (TPSA) is 57.7 Å². The molecule has 1 heterocycles. The van der Waals surface area contributed by atoms with Crippen LogP contribution in [-0.4, -0.2) is 38.3 Å². The normalized spacial score (nSPS) is 14.3. The molecule has 0 saturated heterocycles. The van der Waals surface area contributed by atoms with Crippen molar-refractivity contribution >= 4 is 21.6 Å². The van der Waals surface area contributed by atoms with Crippen LogP contribution in [0, 0.1) is 0 Å². The Morgan fingerprint density at radius 1 is 1.08 bits per heavy atom. The maximum atomic E-state index is 12.8. The first-order chi connectivity index (χ1) is 12.5. The van der Waals surface area contributed by atoms with E-state index in [9.17, 15) is 13.2 Å². The van der Waals surface area contributed by atoms with Gasteiger partial charge in [0.2, 0.25) is 10.0 Å². The molecular formula is C20H24N2O3S. The molecule has 1 amide bonds. The number of fused-ring (bicyclic) bond motifs is 1. The molecule has 1 aliphatic rings. The van der Waals surface area contributed by atoms with Crippen LogP contribution in [0.3, 0.4) is 0 Å². The number of carbonyl (C=O) groups excluding carboxylic acids is 1.